The number of nitrogens with zero attached hydrogens (tertiary/aromatic N) is 3. The van der Waals surface area contributed by atoms with Crippen molar-refractivity contribution in [3.63, 3.8) is 0 Å². The van der Waals surface area contributed by atoms with Gasteiger partial charge in [0.2, 0.25) is 0 Å². The lowest BCUT2D eigenvalue weighted by atomic mass is 9.89. The minimum atomic E-state index is -0.644. The van der Waals surface area contributed by atoms with Gasteiger partial charge < -0.3 is 19.6 Å². The molecule has 0 atom stereocenters. The van der Waals surface area contributed by atoms with Crippen LogP contribution in [0.25, 0.3) is 16.6 Å². The lowest BCUT2D eigenvalue weighted by Crippen LogP contribution is -2.36. The third-order valence-electron chi connectivity index (χ3n) is 6.41. The Morgan fingerprint density at radius 1 is 1.12 bits per heavy atom. The molecule has 3 heterocycles. The molecule has 2 aromatic carbocycles. The molecule has 0 bridgehead atoms. The van der Waals surface area contributed by atoms with Crippen molar-refractivity contribution >= 4 is 22.5 Å². The van der Waals surface area contributed by atoms with E-state index in [0.29, 0.717) is 23.2 Å². The van der Waals surface area contributed by atoms with Gasteiger partial charge in [0, 0.05) is 53.8 Å². The van der Waals surface area contributed by atoms with E-state index in [4.69, 9.17) is 11.6 Å². The molecule has 4 aromatic rings. The summed E-state index contributed by atoms with van der Waals surface area (Å²) in [6.07, 6.45) is 7.51. The van der Waals surface area contributed by atoms with Crippen LogP contribution in [-0.4, -0.2) is 43.8 Å². The Morgan fingerprint density at radius 3 is 2.66 bits per heavy atom. The van der Waals surface area contributed by atoms with Crippen LogP contribution in [0.3, 0.4) is 0 Å². The number of benzene rings is 2. The quantitative estimate of drug-likeness (QED) is 0.466. The molecule has 1 aliphatic rings. The zero-order valence-electron chi connectivity index (χ0n) is 17.5. The van der Waals surface area contributed by atoms with Crippen molar-refractivity contribution in [2.24, 2.45) is 0 Å². The molecule has 32 heavy (non-hydrogen) atoms. The number of phenols is 1. The third kappa shape index (κ3) is 3.94. The molecule has 5 rings (SSSR count). The smallest absolute Gasteiger partial charge is 0.325 e. The Hall–Kier alpha value is -3.03. The number of rotatable bonds is 5. The predicted octanol–water partition coefficient (Wildman–Crippen LogP) is 4.50. The van der Waals surface area contributed by atoms with E-state index in [2.05, 4.69) is 16.1 Å². The number of fused-ring (bicyclic) bond motifs is 1. The highest BCUT2D eigenvalue weighted by Gasteiger charge is 2.24. The van der Waals surface area contributed by atoms with E-state index in [1.54, 1.807) is 23.0 Å². The molecule has 6 nitrogen and oxygen atoms in total. The Balaban J connectivity index is 1.38. The Bertz CT molecular complexity index is 1320. The van der Waals surface area contributed by atoms with Crippen LogP contribution in [0.2, 0.25) is 5.02 Å². The summed E-state index contributed by atoms with van der Waals surface area (Å²) in [6, 6.07) is 10.2. The number of hydrogen-bond donors (Lipinski definition) is 2. The zero-order valence-corrected chi connectivity index (χ0v) is 18.2. The van der Waals surface area contributed by atoms with E-state index < -0.39 is 5.82 Å². The fourth-order valence-electron chi connectivity index (χ4n) is 4.65. The van der Waals surface area contributed by atoms with E-state index >= 15 is 0 Å². The van der Waals surface area contributed by atoms with E-state index in [1.807, 2.05) is 22.8 Å². The van der Waals surface area contributed by atoms with E-state index in [1.165, 1.54) is 17.7 Å². The molecule has 0 aliphatic carbocycles. The standard InChI is InChI=1S/C24H24ClFN4O2/c25-17-1-3-22-19(13-17)20(15-30(22)18-2-4-23(31)21(26)14-18)16-5-8-28(9-6-16)11-12-29-10-7-27-24(29)32/h1-4,7,10,13-16,31H,5-6,8-9,11-12H2,(H,27,32). The van der Waals surface area contributed by atoms with Gasteiger partial charge in [0.25, 0.3) is 0 Å². The Labute approximate surface area is 189 Å². The van der Waals surface area contributed by atoms with Crippen molar-refractivity contribution in [1.29, 1.82) is 0 Å². The summed E-state index contributed by atoms with van der Waals surface area (Å²) in [5, 5.41) is 11.3. The molecular weight excluding hydrogens is 431 g/mol. The molecule has 2 N–H and O–H groups in total. The number of hydrogen-bond acceptors (Lipinski definition) is 3. The molecule has 2 aromatic heterocycles. The number of halogens is 2. The van der Waals surface area contributed by atoms with Gasteiger partial charge >= 0.3 is 5.69 Å². The summed E-state index contributed by atoms with van der Waals surface area (Å²) in [6.45, 7) is 3.41. The lowest BCUT2D eigenvalue weighted by molar-refractivity contribution is 0.205. The third-order valence-corrected chi connectivity index (χ3v) is 6.65. The number of H-pyrrole nitrogens is 1. The van der Waals surface area contributed by atoms with Crippen LogP contribution in [0.15, 0.2) is 59.8 Å². The van der Waals surface area contributed by atoms with Gasteiger partial charge in [-0.05, 0) is 67.7 Å². The average Bonchev–Trinajstić information content (AvgIpc) is 3.37. The topological polar surface area (TPSA) is 66.2 Å². The minimum Gasteiger partial charge on any atom is -0.505 e. The van der Waals surface area contributed by atoms with E-state index in [-0.39, 0.29) is 11.4 Å². The van der Waals surface area contributed by atoms with Crippen molar-refractivity contribution in [1.82, 2.24) is 19.0 Å². The van der Waals surface area contributed by atoms with Crippen LogP contribution in [-0.2, 0) is 6.54 Å². The number of piperidine rings is 1. The first kappa shape index (κ1) is 20.8. The molecule has 1 aliphatic heterocycles. The van der Waals surface area contributed by atoms with E-state index in [9.17, 15) is 14.3 Å². The van der Waals surface area contributed by atoms with Crippen LogP contribution >= 0.6 is 11.6 Å². The second-order valence-electron chi connectivity index (χ2n) is 8.33. The van der Waals surface area contributed by atoms with E-state index in [0.717, 1.165) is 43.4 Å². The predicted molar refractivity (Wildman–Crippen MR) is 123 cm³/mol. The molecule has 0 unspecified atom stereocenters. The van der Waals surface area contributed by atoms with Crippen molar-refractivity contribution in [3.05, 3.63) is 81.9 Å². The molecule has 0 amide bonds. The highest BCUT2D eigenvalue weighted by Crippen LogP contribution is 2.37. The number of phenolic OH excluding ortho intramolecular Hbond substituents is 1. The summed E-state index contributed by atoms with van der Waals surface area (Å²) in [4.78, 5) is 16.7. The van der Waals surface area contributed by atoms with Crippen molar-refractivity contribution in [3.8, 4) is 11.4 Å². The normalized spacial score (nSPS) is 15.6. The van der Waals surface area contributed by atoms with Crippen LogP contribution < -0.4 is 5.69 Å². The van der Waals surface area contributed by atoms with Gasteiger partial charge in [-0.25, -0.2) is 9.18 Å². The monoisotopic (exact) mass is 454 g/mol. The summed E-state index contributed by atoms with van der Waals surface area (Å²) in [5.41, 5.74) is 2.75. The summed E-state index contributed by atoms with van der Waals surface area (Å²) in [5.74, 6) is -0.636. The fourth-order valence-corrected chi connectivity index (χ4v) is 4.83. The van der Waals surface area contributed by atoms with Crippen LogP contribution in [0.5, 0.6) is 5.75 Å². The fraction of sp³-hybridized carbons (Fsp3) is 0.292. The maximum atomic E-state index is 14.0. The number of nitrogens with one attached hydrogen (secondary N) is 1. The Kier molecular flexibility index (Phi) is 5.53. The number of imidazole rings is 1. The molecule has 166 valence electrons. The summed E-state index contributed by atoms with van der Waals surface area (Å²) < 4.78 is 17.7. The number of aromatic amines is 1. The number of likely N-dealkylation sites (tertiary alicyclic amines) is 1. The molecule has 1 saturated heterocycles. The van der Waals surface area contributed by atoms with Gasteiger partial charge in [-0.15, -0.1) is 0 Å². The minimum absolute atomic E-state index is 0.0739. The first-order chi connectivity index (χ1) is 15.5. The molecule has 0 spiro atoms. The lowest BCUT2D eigenvalue weighted by Gasteiger charge is -2.31. The summed E-state index contributed by atoms with van der Waals surface area (Å²) in [7, 11) is 0. The number of aromatic hydroxyl groups is 1. The van der Waals surface area contributed by atoms with Crippen LogP contribution in [0.4, 0.5) is 4.39 Å². The van der Waals surface area contributed by atoms with Gasteiger partial charge in [-0.2, -0.15) is 0 Å². The molecule has 1 fully saturated rings. The van der Waals surface area contributed by atoms with Gasteiger partial charge in [0.1, 0.15) is 0 Å². The molecule has 8 heteroatoms. The van der Waals surface area contributed by atoms with Crippen molar-refractivity contribution in [2.45, 2.75) is 25.3 Å². The van der Waals surface area contributed by atoms with Crippen LogP contribution in [0.1, 0.15) is 24.3 Å². The molecular formula is C24H24ClFN4O2. The van der Waals surface area contributed by atoms with Gasteiger partial charge in [-0.1, -0.05) is 11.6 Å². The second kappa shape index (κ2) is 8.48. The first-order valence-electron chi connectivity index (χ1n) is 10.7. The molecule has 0 radical (unpaired) electrons. The molecule has 0 saturated carbocycles. The van der Waals surface area contributed by atoms with Crippen LogP contribution in [0, 0.1) is 5.82 Å². The van der Waals surface area contributed by atoms with Gasteiger partial charge in [0.05, 0.1) is 5.52 Å². The average molecular weight is 455 g/mol. The maximum Gasteiger partial charge on any atom is 0.325 e. The summed E-state index contributed by atoms with van der Waals surface area (Å²) >= 11 is 6.32. The highest BCUT2D eigenvalue weighted by atomic mass is 35.5. The van der Waals surface area contributed by atoms with Crippen molar-refractivity contribution in [2.75, 3.05) is 19.6 Å². The van der Waals surface area contributed by atoms with Gasteiger partial charge in [-0.3, -0.25) is 4.57 Å². The zero-order chi connectivity index (χ0) is 22.2. The SMILES string of the molecule is O=c1[nH]ccn1CCN1CCC(c2cn(-c3ccc(O)c(F)c3)c3ccc(Cl)cc23)CC1. The van der Waals surface area contributed by atoms with Crippen molar-refractivity contribution < 1.29 is 9.50 Å². The number of aromatic nitrogens is 3. The maximum absolute atomic E-state index is 14.0. The Morgan fingerprint density at radius 2 is 1.94 bits per heavy atom. The highest BCUT2D eigenvalue weighted by molar-refractivity contribution is 6.31. The van der Waals surface area contributed by atoms with Gasteiger partial charge in [0.15, 0.2) is 11.6 Å². The second-order valence-corrected chi connectivity index (χ2v) is 8.76. The first-order valence-corrected chi connectivity index (χ1v) is 11.1. The largest absolute Gasteiger partial charge is 0.505 e.